The predicted octanol–water partition coefficient (Wildman–Crippen LogP) is 5.26. The van der Waals surface area contributed by atoms with E-state index < -0.39 is 0 Å². The van der Waals surface area contributed by atoms with Gasteiger partial charge in [-0.3, -0.25) is 0 Å². The second kappa shape index (κ2) is 5.53. The standard InChI is InChI=1S/C17H26/c1-7-14-9-10-16(11-15(14)8-2)13(3)12-17(4,5)6/h9-11H,3,7-8,12H2,1-2,4-6H3. The third kappa shape index (κ3) is 4.03. The molecule has 0 unspecified atom stereocenters. The van der Waals surface area contributed by atoms with Crippen molar-refractivity contribution in [3.63, 3.8) is 0 Å². The number of hydrogen-bond acceptors (Lipinski definition) is 0. The Morgan fingerprint density at radius 1 is 1.06 bits per heavy atom. The molecule has 0 saturated heterocycles. The number of benzene rings is 1. The molecule has 0 spiro atoms. The van der Waals surface area contributed by atoms with Gasteiger partial charge in [-0.15, -0.1) is 0 Å². The Bertz CT molecular complexity index is 391. The molecule has 94 valence electrons. The van der Waals surface area contributed by atoms with E-state index in [1.807, 2.05) is 0 Å². The van der Waals surface area contributed by atoms with Crippen molar-refractivity contribution in [2.75, 3.05) is 0 Å². The maximum Gasteiger partial charge on any atom is -0.0227 e. The molecular weight excluding hydrogens is 204 g/mol. The van der Waals surface area contributed by atoms with E-state index in [-0.39, 0.29) is 0 Å². The first kappa shape index (κ1) is 14.0. The molecule has 1 rings (SSSR count). The summed E-state index contributed by atoms with van der Waals surface area (Å²) in [6, 6.07) is 6.82. The monoisotopic (exact) mass is 230 g/mol. The van der Waals surface area contributed by atoms with Gasteiger partial charge in [0.25, 0.3) is 0 Å². The topological polar surface area (TPSA) is 0 Å². The molecule has 0 fully saturated rings. The minimum Gasteiger partial charge on any atom is -0.0952 e. The fourth-order valence-electron chi connectivity index (χ4n) is 2.26. The van der Waals surface area contributed by atoms with Crippen molar-refractivity contribution in [2.45, 2.75) is 53.9 Å². The van der Waals surface area contributed by atoms with E-state index in [0.717, 1.165) is 19.3 Å². The lowest BCUT2D eigenvalue weighted by molar-refractivity contribution is 0.427. The largest absolute Gasteiger partial charge is 0.0952 e. The maximum absolute atomic E-state index is 4.24. The fraction of sp³-hybridized carbons (Fsp3) is 0.529. The Hall–Kier alpha value is -1.04. The number of hydrogen-bond donors (Lipinski definition) is 0. The number of rotatable bonds is 4. The van der Waals surface area contributed by atoms with Crippen molar-refractivity contribution in [2.24, 2.45) is 5.41 Å². The van der Waals surface area contributed by atoms with Crippen molar-refractivity contribution < 1.29 is 0 Å². The molecule has 0 heteroatoms. The predicted molar refractivity (Wildman–Crippen MR) is 78.3 cm³/mol. The first-order valence-electron chi connectivity index (χ1n) is 6.67. The van der Waals surface area contributed by atoms with Crippen LogP contribution in [0.25, 0.3) is 5.57 Å². The molecule has 1 aromatic carbocycles. The summed E-state index contributed by atoms with van der Waals surface area (Å²) in [5.41, 5.74) is 5.83. The summed E-state index contributed by atoms with van der Waals surface area (Å²) in [6.45, 7) is 15.5. The van der Waals surface area contributed by atoms with Crippen LogP contribution in [0.4, 0.5) is 0 Å². The van der Waals surface area contributed by atoms with Crippen LogP contribution in [0.5, 0.6) is 0 Å². The Kier molecular flexibility index (Phi) is 4.56. The first-order valence-corrected chi connectivity index (χ1v) is 6.67. The zero-order chi connectivity index (χ0) is 13.1. The van der Waals surface area contributed by atoms with Crippen molar-refractivity contribution in [3.05, 3.63) is 41.5 Å². The van der Waals surface area contributed by atoms with Gasteiger partial charge in [-0.2, -0.15) is 0 Å². The average molecular weight is 230 g/mol. The molecule has 0 nitrogen and oxygen atoms in total. The molecule has 0 aliphatic rings. The van der Waals surface area contributed by atoms with E-state index >= 15 is 0 Å². The molecule has 0 N–H and O–H groups in total. The van der Waals surface area contributed by atoms with Crippen molar-refractivity contribution in [1.29, 1.82) is 0 Å². The van der Waals surface area contributed by atoms with Gasteiger partial charge in [0, 0.05) is 0 Å². The van der Waals surface area contributed by atoms with E-state index in [4.69, 9.17) is 0 Å². The van der Waals surface area contributed by atoms with Crippen LogP contribution in [0.15, 0.2) is 24.8 Å². The third-order valence-corrected chi connectivity index (χ3v) is 3.12. The first-order chi connectivity index (χ1) is 7.87. The molecule has 0 aliphatic carbocycles. The molecule has 0 heterocycles. The van der Waals surface area contributed by atoms with E-state index in [1.165, 1.54) is 22.3 Å². The lowest BCUT2D eigenvalue weighted by atomic mass is 9.85. The summed E-state index contributed by atoms with van der Waals surface area (Å²) < 4.78 is 0. The zero-order valence-corrected chi connectivity index (χ0v) is 12.1. The highest BCUT2D eigenvalue weighted by atomic mass is 14.2. The molecule has 0 amide bonds. The summed E-state index contributed by atoms with van der Waals surface area (Å²) in [5.74, 6) is 0. The van der Waals surface area contributed by atoms with Crippen LogP contribution in [-0.2, 0) is 12.8 Å². The molecule has 0 saturated carbocycles. The Morgan fingerprint density at radius 2 is 1.65 bits per heavy atom. The summed E-state index contributed by atoms with van der Waals surface area (Å²) >= 11 is 0. The Morgan fingerprint density at radius 3 is 2.12 bits per heavy atom. The highest BCUT2D eigenvalue weighted by Gasteiger charge is 2.13. The lowest BCUT2D eigenvalue weighted by Gasteiger charge is -2.20. The molecule has 0 aromatic heterocycles. The van der Waals surface area contributed by atoms with Crippen LogP contribution in [-0.4, -0.2) is 0 Å². The van der Waals surface area contributed by atoms with Gasteiger partial charge in [0.05, 0.1) is 0 Å². The average Bonchev–Trinajstić information content (AvgIpc) is 2.25. The van der Waals surface area contributed by atoms with Gasteiger partial charge in [0.15, 0.2) is 0 Å². The van der Waals surface area contributed by atoms with Gasteiger partial charge in [0.1, 0.15) is 0 Å². The SMILES string of the molecule is C=C(CC(C)(C)C)c1ccc(CC)c(CC)c1. The second-order valence-electron chi connectivity index (χ2n) is 6.03. The minimum absolute atomic E-state index is 0.312. The molecule has 0 radical (unpaired) electrons. The van der Waals surface area contributed by atoms with Crippen molar-refractivity contribution in [1.82, 2.24) is 0 Å². The molecule has 0 aliphatic heterocycles. The van der Waals surface area contributed by atoms with Gasteiger partial charge < -0.3 is 0 Å². The van der Waals surface area contributed by atoms with Crippen LogP contribution >= 0.6 is 0 Å². The fourth-order valence-corrected chi connectivity index (χ4v) is 2.26. The van der Waals surface area contributed by atoms with Crippen molar-refractivity contribution >= 4 is 5.57 Å². The normalized spacial score (nSPS) is 11.6. The van der Waals surface area contributed by atoms with Gasteiger partial charge in [-0.1, -0.05) is 59.4 Å². The number of allylic oxidation sites excluding steroid dienone is 1. The molecule has 0 bridgehead atoms. The van der Waals surface area contributed by atoms with Crippen molar-refractivity contribution in [3.8, 4) is 0 Å². The number of aryl methyl sites for hydroxylation is 2. The third-order valence-electron chi connectivity index (χ3n) is 3.12. The highest BCUT2D eigenvalue weighted by molar-refractivity contribution is 5.65. The molecule has 0 atom stereocenters. The Balaban J connectivity index is 2.96. The summed E-state index contributed by atoms with van der Waals surface area (Å²) in [6.07, 6.45) is 3.29. The van der Waals surface area contributed by atoms with Gasteiger partial charge in [0.2, 0.25) is 0 Å². The summed E-state index contributed by atoms with van der Waals surface area (Å²) in [7, 11) is 0. The van der Waals surface area contributed by atoms with E-state index in [1.54, 1.807) is 0 Å². The minimum atomic E-state index is 0.312. The van der Waals surface area contributed by atoms with Gasteiger partial charge in [-0.05, 0) is 46.9 Å². The van der Waals surface area contributed by atoms with Crippen LogP contribution < -0.4 is 0 Å². The highest BCUT2D eigenvalue weighted by Crippen LogP contribution is 2.30. The van der Waals surface area contributed by atoms with E-state index in [0.29, 0.717) is 5.41 Å². The maximum atomic E-state index is 4.24. The van der Waals surface area contributed by atoms with Gasteiger partial charge in [-0.25, -0.2) is 0 Å². The smallest absolute Gasteiger partial charge is 0.0227 e. The molecule has 1 aromatic rings. The van der Waals surface area contributed by atoms with Crippen LogP contribution in [0.1, 0.15) is 57.7 Å². The second-order valence-corrected chi connectivity index (χ2v) is 6.03. The molecular formula is C17H26. The van der Waals surface area contributed by atoms with Crippen LogP contribution in [0.2, 0.25) is 0 Å². The lowest BCUT2D eigenvalue weighted by Crippen LogP contribution is -2.05. The van der Waals surface area contributed by atoms with E-state index in [9.17, 15) is 0 Å². The van der Waals surface area contributed by atoms with Crippen LogP contribution in [0.3, 0.4) is 0 Å². The van der Waals surface area contributed by atoms with E-state index in [2.05, 4.69) is 59.4 Å². The van der Waals surface area contributed by atoms with Crippen LogP contribution in [0, 0.1) is 5.41 Å². The summed E-state index contributed by atoms with van der Waals surface area (Å²) in [4.78, 5) is 0. The summed E-state index contributed by atoms with van der Waals surface area (Å²) in [5, 5.41) is 0. The van der Waals surface area contributed by atoms with Gasteiger partial charge >= 0.3 is 0 Å². The Labute approximate surface area is 107 Å². The quantitative estimate of drug-likeness (QED) is 0.661. The molecule has 17 heavy (non-hydrogen) atoms. The zero-order valence-electron chi connectivity index (χ0n) is 12.1.